The minimum absolute atomic E-state index is 0.0215. The molecule has 0 aromatic heterocycles. The third-order valence-electron chi connectivity index (χ3n) is 3.51. The summed E-state index contributed by atoms with van der Waals surface area (Å²) in [5.41, 5.74) is 0.564. The molecule has 1 aromatic carbocycles. The fraction of sp³-hybridized carbons (Fsp3) is 0.500. The van der Waals surface area contributed by atoms with Crippen molar-refractivity contribution in [2.45, 2.75) is 19.3 Å². The van der Waals surface area contributed by atoms with Crippen molar-refractivity contribution in [1.29, 1.82) is 0 Å². The first-order valence-electron chi connectivity index (χ1n) is 6.89. The second-order valence-electron chi connectivity index (χ2n) is 5.12. The second-order valence-corrected chi connectivity index (χ2v) is 7.89. The molecule has 7 heteroatoms. The van der Waals surface area contributed by atoms with E-state index in [2.05, 4.69) is 15.9 Å². The van der Waals surface area contributed by atoms with Gasteiger partial charge >= 0.3 is 0 Å². The van der Waals surface area contributed by atoms with Gasteiger partial charge in [0.2, 0.25) is 15.9 Å². The van der Waals surface area contributed by atoms with Crippen LogP contribution < -0.4 is 4.31 Å². The highest BCUT2D eigenvalue weighted by atomic mass is 79.9. The van der Waals surface area contributed by atoms with E-state index in [1.165, 1.54) is 4.31 Å². The highest BCUT2D eigenvalue weighted by molar-refractivity contribution is 9.10. The van der Waals surface area contributed by atoms with Crippen LogP contribution in [0.15, 0.2) is 28.7 Å². The molecule has 116 valence electrons. The summed E-state index contributed by atoms with van der Waals surface area (Å²) in [6.45, 7) is 1.73. The van der Waals surface area contributed by atoms with Crippen LogP contribution in [0.4, 0.5) is 5.69 Å². The number of amides is 1. The lowest BCUT2D eigenvalue weighted by atomic mass is 10.3. The average Bonchev–Trinajstić information content (AvgIpc) is 2.93. The van der Waals surface area contributed by atoms with Gasteiger partial charge in [0, 0.05) is 30.5 Å². The molecule has 21 heavy (non-hydrogen) atoms. The molecule has 0 N–H and O–H groups in total. The number of anilines is 1. The summed E-state index contributed by atoms with van der Waals surface area (Å²) in [6.07, 6.45) is 3.43. The Kier molecular flexibility index (Phi) is 5.27. The molecule has 1 amide bonds. The van der Waals surface area contributed by atoms with Gasteiger partial charge in [-0.05, 0) is 40.9 Å². The first-order chi connectivity index (χ1) is 9.89. The van der Waals surface area contributed by atoms with E-state index >= 15 is 0 Å². The maximum Gasteiger partial charge on any atom is 0.232 e. The van der Waals surface area contributed by atoms with Gasteiger partial charge in [-0.1, -0.05) is 12.1 Å². The van der Waals surface area contributed by atoms with Gasteiger partial charge in [-0.25, -0.2) is 8.42 Å². The Bertz CT molecular complexity index is 612. The van der Waals surface area contributed by atoms with E-state index in [4.69, 9.17) is 0 Å². The molecule has 0 atom stereocenters. The van der Waals surface area contributed by atoms with Crippen molar-refractivity contribution >= 4 is 37.5 Å². The molecule has 2 rings (SSSR count). The molecular formula is C14H19BrN2O3S. The van der Waals surface area contributed by atoms with Crippen LogP contribution in [0.1, 0.15) is 19.3 Å². The Labute approximate surface area is 134 Å². The lowest BCUT2D eigenvalue weighted by Crippen LogP contribution is -2.35. The fourth-order valence-corrected chi connectivity index (χ4v) is 4.00. The van der Waals surface area contributed by atoms with E-state index in [0.717, 1.165) is 32.2 Å². The number of halogens is 1. The van der Waals surface area contributed by atoms with E-state index < -0.39 is 10.0 Å². The number of hydrogen-bond acceptors (Lipinski definition) is 3. The van der Waals surface area contributed by atoms with Crippen LogP contribution in [-0.4, -0.2) is 45.1 Å². The third-order valence-corrected chi connectivity index (χ3v) is 5.36. The molecule has 1 aliphatic heterocycles. The zero-order chi connectivity index (χ0) is 15.5. The molecule has 5 nitrogen and oxygen atoms in total. The molecule has 1 saturated heterocycles. The topological polar surface area (TPSA) is 57.7 Å². The quantitative estimate of drug-likeness (QED) is 0.793. The summed E-state index contributed by atoms with van der Waals surface area (Å²) in [4.78, 5) is 13.9. The predicted octanol–water partition coefficient (Wildman–Crippen LogP) is 2.23. The molecule has 0 bridgehead atoms. The Morgan fingerprint density at radius 3 is 2.48 bits per heavy atom. The van der Waals surface area contributed by atoms with Crippen LogP contribution in [0, 0.1) is 0 Å². The lowest BCUT2D eigenvalue weighted by molar-refractivity contribution is -0.129. The zero-order valence-corrected chi connectivity index (χ0v) is 14.4. The van der Waals surface area contributed by atoms with E-state index in [0.29, 0.717) is 10.2 Å². The number of rotatable bonds is 5. The highest BCUT2D eigenvalue weighted by Crippen LogP contribution is 2.27. The standard InChI is InChI=1S/C14H19BrN2O3S/c1-21(19,20)17(13-7-3-2-6-12(13)15)11-8-14(18)16-9-4-5-10-16/h2-3,6-7H,4-5,8-11H2,1H3. The van der Waals surface area contributed by atoms with Crippen LogP contribution in [-0.2, 0) is 14.8 Å². The SMILES string of the molecule is CS(=O)(=O)N(CCC(=O)N1CCCC1)c1ccccc1Br. The van der Waals surface area contributed by atoms with Gasteiger partial charge in [0.1, 0.15) is 0 Å². The molecule has 0 radical (unpaired) electrons. The maximum absolute atomic E-state index is 12.1. The number of benzene rings is 1. The number of carbonyl (C=O) groups is 1. The molecule has 1 fully saturated rings. The largest absolute Gasteiger partial charge is 0.343 e. The summed E-state index contributed by atoms with van der Waals surface area (Å²) in [5, 5.41) is 0. The normalized spacial score (nSPS) is 15.2. The van der Waals surface area contributed by atoms with Gasteiger partial charge in [-0.3, -0.25) is 9.10 Å². The van der Waals surface area contributed by atoms with E-state index in [-0.39, 0.29) is 18.9 Å². The number of nitrogens with zero attached hydrogens (tertiary/aromatic N) is 2. The van der Waals surface area contributed by atoms with E-state index in [9.17, 15) is 13.2 Å². The van der Waals surface area contributed by atoms with Crippen LogP contribution in [0.2, 0.25) is 0 Å². The Hall–Kier alpha value is -1.08. The maximum atomic E-state index is 12.1. The van der Waals surface area contributed by atoms with Gasteiger partial charge in [0.25, 0.3) is 0 Å². The number of hydrogen-bond donors (Lipinski definition) is 0. The number of sulfonamides is 1. The van der Waals surface area contributed by atoms with Gasteiger partial charge in [-0.2, -0.15) is 0 Å². The van der Waals surface area contributed by atoms with Crippen molar-refractivity contribution in [1.82, 2.24) is 4.90 Å². The predicted molar refractivity (Wildman–Crippen MR) is 86.8 cm³/mol. The van der Waals surface area contributed by atoms with Crippen LogP contribution in [0.5, 0.6) is 0 Å². The third kappa shape index (κ3) is 4.20. The first-order valence-corrected chi connectivity index (χ1v) is 9.54. The van der Waals surface area contributed by atoms with Crippen molar-refractivity contribution < 1.29 is 13.2 Å². The molecule has 0 unspecified atom stereocenters. The smallest absolute Gasteiger partial charge is 0.232 e. The van der Waals surface area contributed by atoms with Crippen molar-refractivity contribution in [2.24, 2.45) is 0 Å². The number of para-hydroxylation sites is 1. The Morgan fingerprint density at radius 1 is 1.29 bits per heavy atom. The fourth-order valence-electron chi connectivity index (χ4n) is 2.44. The summed E-state index contributed by atoms with van der Waals surface area (Å²) < 4.78 is 26.0. The van der Waals surface area contributed by atoms with Crippen molar-refractivity contribution in [3.05, 3.63) is 28.7 Å². The van der Waals surface area contributed by atoms with E-state index in [1.54, 1.807) is 23.1 Å². The zero-order valence-electron chi connectivity index (χ0n) is 12.0. The first kappa shape index (κ1) is 16.3. The van der Waals surface area contributed by atoms with Crippen molar-refractivity contribution in [3.63, 3.8) is 0 Å². The molecule has 0 spiro atoms. The van der Waals surface area contributed by atoms with Crippen LogP contribution in [0.3, 0.4) is 0 Å². The minimum Gasteiger partial charge on any atom is -0.343 e. The summed E-state index contributed by atoms with van der Waals surface area (Å²) in [6, 6.07) is 7.12. The Morgan fingerprint density at radius 2 is 1.90 bits per heavy atom. The molecule has 1 heterocycles. The van der Waals surface area contributed by atoms with Gasteiger partial charge in [-0.15, -0.1) is 0 Å². The Balaban J connectivity index is 2.11. The average molecular weight is 375 g/mol. The van der Waals surface area contributed by atoms with Gasteiger partial charge in [0.05, 0.1) is 11.9 Å². The van der Waals surface area contributed by atoms with Crippen molar-refractivity contribution in [2.75, 3.05) is 30.2 Å². The monoisotopic (exact) mass is 374 g/mol. The van der Waals surface area contributed by atoms with Gasteiger partial charge < -0.3 is 4.90 Å². The molecule has 1 aromatic rings. The molecule has 1 aliphatic rings. The molecule has 0 aliphatic carbocycles. The van der Waals surface area contributed by atoms with Crippen molar-refractivity contribution in [3.8, 4) is 0 Å². The number of likely N-dealkylation sites (tertiary alicyclic amines) is 1. The highest BCUT2D eigenvalue weighted by Gasteiger charge is 2.23. The molecule has 0 saturated carbocycles. The second kappa shape index (κ2) is 6.79. The van der Waals surface area contributed by atoms with Crippen LogP contribution in [0.25, 0.3) is 0 Å². The molecular weight excluding hydrogens is 356 g/mol. The summed E-state index contributed by atoms with van der Waals surface area (Å²) in [5.74, 6) is 0.0215. The van der Waals surface area contributed by atoms with Crippen LogP contribution >= 0.6 is 15.9 Å². The van der Waals surface area contributed by atoms with Gasteiger partial charge in [0.15, 0.2) is 0 Å². The minimum atomic E-state index is -3.43. The summed E-state index contributed by atoms with van der Waals surface area (Å²) >= 11 is 3.36. The number of carbonyl (C=O) groups excluding carboxylic acids is 1. The van der Waals surface area contributed by atoms with E-state index in [1.807, 2.05) is 6.07 Å². The lowest BCUT2D eigenvalue weighted by Gasteiger charge is -2.24. The summed E-state index contributed by atoms with van der Waals surface area (Å²) in [7, 11) is -3.43.